The zero-order valence-electron chi connectivity index (χ0n) is 19.1. The highest BCUT2D eigenvalue weighted by Gasteiger charge is 2.42. The summed E-state index contributed by atoms with van der Waals surface area (Å²) in [6.07, 6.45) is 10.3. The summed E-state index contributed by atoms with van der Waals surface area (Å²) in [5, 5.41) is 16.6. The Kier molecular flexibility index (Phi) is 7.35. The van der Waals surface area contributed by atoms with Gasteiger partial charge in [-0.25, -0.2) is 0 Å². The third-order valence-electron chi connectivity index (χ3n) is 6.98. The summed E-state index contributed by atoms with van der Waals surface area (Å²) < 4.78 is 0. The van der Waals surface area contributed by atoms with Crippen molar-refractivity contribution in [2.75, 3.05) is 16.9 Å². The van der Waals surface area contributed by atoms with Gasteiger partial charge in [0.2, 0.25) is 0 Å². The molecule has 32 heavy (non-hydrogen) atoms. The molecule has 0 aromatic carbocycles. The fraction of sp³-hybridized carbons (Fsp3) is 0.696. The number of oxime groups is 1. The van der Waals surface area contributed by atoms with Crippen molar-refractivity contribution in [1.29, 1.82) is 0 Å². The molecule has 5 N–H and O–H groups in total. The number of hydrogen-bond donors (Lipinski definition) is 3. The topological polar surface area (TPSA) is 118 Å². The van der Waals surface area contributed by atoms with E-state index < -0.39 is 5.91 Å². The van der Waals surface area contributed by atoms with Crippen molar-refractivity contribution in [2.45, 2.75) is 83.3 Å². The van der Waals surface area contributed by atoms with Crippen LogP contribution in [-0.4, -0.2) is 42.6 Å². The first kappa shape index (κ1) is 23.0. The highest BCUT2D eigenvalue weighted by atomic mass is 32.1. The zero-order valence-corrected chi connectivity index (χ0v) is 19.9. The van der Waals surface area contributed by atoms with Crippen molar-refractivity contribution < 1.29 is 9.63 Å². The van der Waals surface area contributed by atoms with Gasteiger partial charge in [0.1, 0.15) is 16.6 Å². The third-order valence-corrected chi connectivity index (χ3v) is 8.04. The van der Waals surface area contributed by atoms with Crippen molar-refractivity contribution in [2.24, 2.45) is 33.6 Å². The van der Waals surface area contributed by atoms with E-state index in [9.17, 15) is 4.79 Å². The molecule has 0 spiro atoms. The van der Waals surface area contributed by atoms with Gasteiger partial charge in [-0.05, 0) is 50.5 Å². The van der Waals surface area contributed by atoms with Gasteiger partial charge in [0.05, 0.1) is 23.2 Å². The lowest BCUT2D eigenvalue weighted by Crippen LogP contribution is -2.42. The predicted octanol–water partition coefficient (Wildman–Crippen LogP) is 3.92. The van der Waals surface area contributed by atoms with Gasteiger partial charge in [-0.2, -0.15) is 5.10 Å². The number of anilines is 2. The minimum absolute atomic E-state index is 0.102. The molecule has 2 saturated carbocycles. The summed E-state index contributed by atoms with van der Waals surface area (Å²) in [5.41, 5.74) is 13.6. The van der Waals surface area contributed by atoms with Gasteiger partial charge in [0.15, 0.2) is 0 Å². The van der Waals surface area contributed by atoms with E-state index in [1.165, 1.54) is 11.3 Å². The SMILES string of the molecule is CCCCO/N=C1\CC(CC)CC2C1C=NN2c1cc(C(N)=O)c(NC2CCCC2N)s1. The molecule has 4 rings (SSSR count). The first-order valence-electron chi connectivity index (χ1n) is 12.0. The van der Waals surface area contributed by atoms with Crippen LogP contribution in [-0.2, 0) is 4.84 Å². The Hall–Kier alpha value is -2.13. The average Bonchev–Trinajstić information content (AvgIpc) is 3.50. The molecule has 2 heterocycles. The number of nitrogens with two attached hydrogens (primary N) is 2. The van der Waals surface area contributed by atoms with E-state index in [1.54, 1.807) is 0 Å². The molecule has 1 aromatic rings. The Bertz CT molecular complexity index is 869. The van der Waals surface area contributed by atoms with Crippen molar-refractivity contribution >= 4 is 39.2 Å². The lowest BCUT2D eigenvalue weighted by molar-refractivity contribution is 0.100. The molecule has 1 amide bonds. The molecule has 176 valence electrons. The first-order valence-corrected chi connectivity index (χ1v) is 12.8. The Balaban J connectivity index is 1.55. The largest absolute Gasteiger partial charge is 0.396 e. The van der Waals surface area contributed by atoms with Crippen LogP contribution in [0.4, 0.5) is 10.0 Å². The maximum atomic E-state index is 12.2. The quantitative estimate of drug-likeness (QED) is 0.381. The van der Waals surface area contributed by atoms with Crippen LogP contribution in [0.3, 0.4) is 0 Å². The molecule has 5 atom stereocenters. The maximum absolute atomic E-state index is 12.2. The standard InChI is InChI=1S/C23H36N6O2S/c1-3-5-9-31-28-19-10-14(4-2)11-20-16(19)13-26-29(20)21-12-15(22(25)30)23(32-21)27-18-8-6-7-17(18)24/h12-14,16-18,20,27H,3-11,24H2,1-2H3,(H2,25,30)/b28-19+. The van der Waals surface area contributed by atoms with Crippen LogP contribution in [0.25, 0.3) is 0 Å². The number of nitrogens with one attached hydrogen (secondary N) is 1. The second kappa shape index (κ2) is 10.2. The summed E-state index contributed by atoms with van der Waals surface area (Å²) >= 11 is 1.54. The minimum atomic E-state index is -0.428. The number of amides is 1. The van der Waals surface area contributed by atoms with Gasteiger partial charge >= 0.3 is 0 Å². The van der Waals surface area contributed by atoms with Gasteiger partial charge in [0, 0.05) is 18.3 Å². The third kappa shape index (κ3) is 4.78. The molecule has 1 aliphatic heterocycles. The Morgan fingerprint density at radius 1 is 1.41 bits per heavy atom. The van der Waals surface area contributed by atoms with E-state index in [0.29, 0.717) is 18.1 Å². The molecule has 0 radical (unpaired) electrons. The maximum Gasteiger partial charge on any atom is 0.251 e. The molecule has 2 aliphatic carbocycles. The van der Waals surface area contributed by atoms with E-state index in [2.05, 4.69) is 29.3 Å². The summed E-state index contributed by atoms with van der Waals surface area (Å²) in [7, 11) is 0. The second-order valence-electron chi connectivity index (χ2n) is 9.22. The summed E-state index contributed by atoms with van der Waals surface area (Å²) in [5.74, 6) is 0.250. The number of nitrogens with zero attached hydrogens (tertiary/aromatic N) is 3. The van der Waals surface area contributed by atoms with Gasteiger partial charge in [-0.3, -0.25) is 9.80 Å². The van der Waals surface area contributed by atoms with Crippen LogP contribution in [0.15, 0.2) is 16.3 Å². The lowest BCUT2D eigenvalue weighted by atomic mass is 9.76. The molecule has 0 saturated heterocycles. The molecular formula is C23H36N6O2S. The van der Waals surface area contributed by atoms with Gasteiger partial charge < -0.3 is 21.6 Å². The molecule has 2 fully saturated rings. The highest BCUT2D eigenvalue weighted by molar-refractivity contribution is 7.20. The van der Waals surface area contributed by atoms with Crippen molar-refractivity contribution in [3.05, 3.63) is 11.6 Å². The Morgan fingerprint density at radius 3 is 2.94 bits per heavy atom. The molecule has 8 nitrogen and oxygen atoms in total. The van der Waals surface area contributed by atoms with Crippen molar-refractivity contribution in [1.82, 2.24) is 0 Å². The number of hydrazone groups is 1. The molecule has 0 bridgehead atoms. The number of hydrogen-bond acceptors (Lipinski definition) is 8. The highest BCUT2D eigenvalue weighted by Crippen LogP contribution is 2.43. The summed E-state index contributed by atoms with van der Waals surface area (Å²) in [6.45, 7) is 5.02. The van der Waals surface area contributed by atoms with E-state index in [1.807, 2.05) is 12.3 Å². The van der Waals surface area contributed by atoms with Crippen molar-refractivity contribution in [3.63, 3.8) is 0 Å². The van der Waals surface area contributed by atoms with Crippen LogP contribution in [0.2, 0.25) is 0 Å². The van der Waals surface area contributed by atoms with Crippen LogP contribution < -0.4 is 21.8 Å². The van der Waals surface area contributed by atoms with E-state index in [4.69, 9.17) is 21.4 Å². The fourth-order valence-electron chi connectivity index (χ4n) is 4.98. The van der Waals surface area contributed by atoms with Gasteiger partial charge in [-0.1, -0.05) is 43.2 Å². The number of unbranched alkanes of at least 4 members (excludes halogenated alkanes) is 1. The number of carbonyl (C=O) groups is 1. The Morgan fingerprint density at radius 2 is 2.25 bits per heavy atom. The normalized spacial score (nSPS) is 30.7. The molecule has 1 aromatic heterocycles. The van der Waals surface area contributed by atoms with Crippen LogP contribution in [0.1, 0.15) is 75.6 Å². The van der Waals surface area contributed by atoms with E-state index in [-0.39, 0.29) is 24.0 Å². The van der Waals surface area contributed by atoms with Crippen LogP contribution >= 0.6 is 11.3 Å². The second-order valence-corrected chi connectivity index (χ2v) is 10.3. The molecule has 9 heteroatoms. The Labute approximate surface area is 194 Å². The zero-order chi connectivity index (χ0) is 22.7. The average molecular weight is 461 g/mol. The number of primary amides is 1. The van der Waals surface area contributed by atoms with Crippen LogP contribution in [0.5, 0.6) is 0 Å². The number of rotatable bonds is 9. The van der Waals surface area contributed by atoms with Gasteiger partial charge in [0.25, 0.3) is 5.91 Å². The monoisotopic (exact) mass is 460 g/mol. The minimum Gasteiger partial charge on any atom is -0.396 e. The number of fused-ring (bicyclic) bond motifs is 1. The number of thiophene rings is 1. The smallest absolute Gasteiger partial charge is 0.251 e. The van der Waals surface area contributed by atoms with Gasteiger partial charge in [-0.15, -0.1) is 0 Å². The number of carbonyl (C=O) groups excluding carboxylic acids is 1. The fourth-order valence-corrected chi connectivity index (χ4v) is 6.12. The molecule has 5 unspecified atom stereocenters. The van der Waals surface area contributed by atoms with E-state index in [0.717, 1.165) is 67.1 Å². The molecule has 3 aliphatic rings. The summed E-state index contributed by atoms with van der Waals surface area (Å²) in [4.78, 5) is 17.8. The molecular weight excluding hydrogens is 424 g/mol. The lowest BCUT2D eigenvalue weighted by Gasteiger charge is -2.35. The van der Waals surface area contributed by atoms with Crippen LogP contribution in [0, 0.1) is 11.8 Å². The first-order chi connectivity index (χ1) is 15.5. The summed E-state index contributed by atoms with van der Waals surface area (Å²) in [6, 6.07) is 2.33. The van der Waals surface area contributed by atoms with Crippen molar-refractivity contribution in [3.8, 4) is 0 Å². The van der Waals surface area contributed by atoms with E-state index >= 15 is 0 Å². The predicted molar refractivity (Wildman–Crippen MR) is 132 cm³/mol.